The first-order valence-corrected chi connectivity index (χ1v) is 10.9. The summed E-state index contributed by atoms with van der Waals surface area (Å²) in [4.78, 5) is 22.3. The van der Waals surface area contributed by atoms with Gasteiger partial charge in [-0.15, -0.1) is 0 Å². The number of piperidine rings is 1. The number of nitrogens with one attached hydrogen (secondary N) is 1. The zero-order valence-electron chi connectivity index (χ0n) is 17.4. The molecule has 3 aromatic rings. The predicted octanol–water partition coefficient (Wildman–Crippen LogP) is 2.82. The number of likely N-dealkylation sites (N-methyl/N-ethyl adjacent to an activating group) is 1. The first-order chi connectivity index (χ1) is 14.7. The van der Waals surface area contributed by atoms with Crippen LogP contribution in [0, 0.1) is 0 Å². The van der Waals surface area contributed by atoms with E-state index in [0.29, 0.717) is 11.3 Å². The summed E-state index contributed by atoms with van der Waals surface area (Å²) in [5.74, 6) is 0.893. The molecule has 0 bridgehead atoms. The molecular weight excluding hydrogens is 376 g/mol. The van der Waals surface area contributed by atoms with Crippen molar-refractivity contribution in [3.8, 4) is 11.3 Å². The molecule has 156 valence electrons. The summed E-state index contributed by atoms with van der Waals surface area (Å²) in [5.41, 5.74) is 3.12. The maximum atomic E-state index is 12.9. The van der Waals surface area contributed by atoms with Crippen molar-refractivity contribution in [2.24, 2.45) is 0 Å². The van der Waals surface area contributed by atoms with Crippen LogP contribution in [-0.2, 0) is 0 Å². The summed E-state index contributed by atoms with van der Waals surface area (Å²) in [6, 6.07) is 14.3. The molecule has 2 saturated heterocycles. The summed E-state index contributed by atoms with van der Waals surface area (Å²) in [6.07, 6.45) is 4.59. The number of rotatable bonds is 4. The third-order valence-electron chi connectivity index (χ3n) is 6.12. The lowest BCUT2D eigenvalue weighted by Crippen LogP contribution is -2.36. The molecule has 1 aromatic carbocycles. The molecule has 1 amide bonds. The van der Waals surface area contributed by atoms with Crippen LogP contribution >= 0.6 is 0 Å². The van der Waals surface area contributed by atoms with E-state index >= 15 is 0 Å². The van der Waals surface area contributed by atoms with Gasteiger partial charge in [0.05, 0.1) is 5.69 Å². The average molecular weight is 405 g/mol. The molecule has 0 radical (unpaired) electrons. The monoisotopic (exact) mass is 404 g/mol. The molecule has 1 N–H and O–H groups in total. The zero-order valence-corrected chi connectivity index (χ0v) is 17.4. The Kier molecular flexibility index (Phi) is 5.12. The van der Waals surface area contributed by atoms with Gasteiger partial charge in [0.1, 0.15) is 5.82 Å². The van der Waals surface area contributed by atoms with Gasteiger partial charge in [0, 0.05) is 43.4 Å². The Labute approximate surface area is 176 Å². The van der Waals surface area contributed by atoms with Crippen LogP contribution < -0.4 is 10.2 Å². The molecule has 2 aliphatic heterocycles. The molecule has 7 heteroatoms. The number of nitrogens with zero attached hydrogens (tertiary/aromatic N) is 5. The van der Waals surface area contributed by atoms with Crippen LogP contribution in [0.1, 0.15) is 36.2 Å². The van der Waals surface area contributed by atoms with E-state index in [9.17, 15) is 4.79 Å². The number of carbonyl (C=O) groups excluding carboxylic acids is 1. The van der Waals surface area contributed by atoms with Crippen molar-refractivity contribution in [1.82, 2.24) is 24.8 Å². The van der Waals surface area contributed by atoms with Crippen molar-refractivity contribution in [3.05, 3.63) is 48.2 Å². The minimum Gasteiger partial charge on any atom is -0.356 e. The largest absolute Gasteiger partial charge is 0.356 e. The van der Waals surface area contributed by atoms with Gasteiger partial charge in [-0.25, -0.2) is 4.98 Å². The van der Waals surface area contributed by atoms with E-state index in [2.05, 4.69) is 45.5 Å². The van der Waals surface area contributed by atoms with E-state index in [0.717, 1.165) is 49.7 Å². The smallest absolute Gasteiger partial charge is 0.272 e. The summed E-state index contributed by atoms with van der Waals surface area (Å²) < 4.78 is 1.84. The number of hydrogen-bond donors (Lipinski definition) is 1. The van der Waals surface area contributed by atoms with E-state index < -0.39 is 0 Å². The van der Waals surface area contributed by atoms with E-state index in [4.69, 9.17) is 4.98 Å². The van der Waals surface area contributed by atoms with Gasteiger partial charge >= 0.3 is 0 Å². The molecular formula is C23H28N6O. The Morgan fingerprint density at radius 2 is 1.87 bits per heavy atom. The molecule has 0 saturated carbocycles. The number of likely N-dealkylation sites (tertiary alicyclic amines) is 1. The Bertz CT molecular complexity index is 1040. The molecule has 4 heterocycles. The van der Waals surface area contributed by atoms with Crippen LogP contribution in [-0.4, -0.2) is 64.7 Å². The van der Waals surface area contributed by atoms with Gasteiger partial charge in [-0.1, -0.05) is 30.3 Å². The molecule has 0 spiro atoms. The highest BCUT2D eigenvalue weighted by Crippen LogP contribution is 2.27. The van der Waals surface area contributed by atoms with E-state index in [1.807, 2.05) is 28.8 Å². The first-order valence-electron chi connectivity index (χ1n) is 10.9. The Hall–Kier alpha value is -2.93. The second kappa shape index (κ2) is 8.07. The van der Waals surface area contributed by atoms with Crippen LogP contribution in [0.15, 0.2) is 42.5 Å². The predicted molar refractivity (Wildman–Crippen MR) is 118 cm³/mol. The molecule has 2 fully saturated rings. The van der Waals surface area contributed by atoms with Gasteiger partial charge < -0.3 is 15.1 Å². The summed E-state index contributed by atoms with van der Waals surface area (Å²) in [7, 11) is 2.08. The fourth-order valence-corrected chi connectivity index (χ4v) is 4.49. The summed E-state index contributed by atoms with van der Waals surface area (Å²) in [6.45, 7) is 3.90. The topological polar surface area (TPSA) is 65.8 Å². The number of fused-ring (bicyclic) bond motifs is 1. The number of carbonyl (C=O) groups is 1. The minimum absolute atomic E-state index is 0.119. The summed E-state index contributed by atoms with van der Waals surface area (Å²) in [5, 5.41) is 7.80. The van der Waals surface area contributed by atoms with Crippen molar-refractivity contribution in [1.29, 1.82) is 0 Å². The second-order valence-electron chi connectivity index (χ2n) is 8.43. The third-order valence-corrected chi connectivity index (χ3v) is 6.12. The standard InChI is InChI=1S/C23H28N6O/c1-27-13-10-18(16-27)24-23(30)20-14-21-25-19(17-8-4-2-5-9-17)15-22(29(21)26-20)28-11-6-3-7-12-28/h2,4-5,8-9,14-15,18H,3,6-7,10-13,16H2,1H3,(H,24,30)/t18-/m1/s1. The van der Waals surface area contributed by atoms with Crippen LogP contribution in [0.3, 0.4) is 0 Å². The normalized spacial score (nSPS) is 20.0. The lowest BCUT2D eigenvalue weighted by molar-refractivity contribution is 0.0933. The van der Waals surface area contributed by atoms with Crippen LogP contribution in [0.5, 0.6) is 0 Å². The van der Waals surface area contributed by atoms with Gasteiger partial charge in [-0.2, -0.15) is 9.61 Å². The van der Waals surface area contributed by atoms with Crippen LogP contribution in [0.2, 0.25) is 0 Å². The second-order valence-corrected chi connectivity index (χ2v) is 8.43. The van der Waals surface area contributed by atoms with Gasteiger partial charge in [-0.05, 0) is 39.3 Å². The lowest BCUT2D eigenvalue weighted by Gasteiger charge is -2.29. The fourth-order valence-electron chi connectivity index (χ4n) is 4.49. The van der Waals surface area contributed by atoms with E-state index in [1.165, 1.54) is 19.3 Å². The van der Waals surface area contributed by atoms with Crippen molar-refractivity contribution < 1.29 is 4.79 Å². The molecule has 30 heavy (non-hydrogen) atoms. The van der Waals surface area contributed by atoms with Crippen LogP contribution in [0.25, 0.3) is 16.9 Å². The molecule has 0 aliphatic carbocycles. The minimum atomic E-state index is -0.119. The number of anilines is 1. The maximum Gasteiger partial charge on any atom is 0.272 e. The molecule has 1 atom stereocenters. The molecule has 0 unspecified atom stereocenters. The van der Waals surface area contributed by atoms with Crippen molar-refractivity contribution in [3.63, 3.8) is 0 Å². The molecule has 5 rings (SSSR count). The van der Waals surface area contributed by atoms with Gasteiger partial charge in [0.15, 0.2) is 11.3 Å². The number of benzene rings is 1. The Morgan fingerprint density at radius 3 is 2.60 bits per heavy atom. The summed E-state index contributed by atoms with van der Waals surface area (Å²) >= 11 is 0. The number of amides is 1. The Balaban J connectivity index is 1.52. The highest BCUT2D eigenvalue weighted by Gasteiger charge is 2.24. The van der Waals surface area contributed by atoms with Gasteiger partial charge in [0.2, 0.25) is 0 Å². The van der Waals surface area contributed by atoms with Gasteiger partial charge in [0.25, 0.3) is 5.91 Å². The van der Waals surface area contributed by atoms with Crippen molar-refractivity contribution >= 4 is 17.4 Å². The number of hydrogen-bond acceptors (Lipinski definition) is 5. The quantitative estimate of drug-likeness (QED) is 0.724. The zero-order chi connectivity index (χ0) is 20.5. The highest BCUT2D eigenvalue weighted by molar-refractivity contribution is 5.93. The van der Waals surface area contributed by atoms with E-state index in [-0.39, 0.29) is 11.9 Å². The lowest BCUT2D eigenvalue weighted by atomic mass is 10.1. The van der Waals surface area contributed by atoms with Crippen LogP contribution in [0.4, 0.5) is 5.82 Å². The van der Waals surface area contributed by atoms with Crippen molar-refractivity contribution in [2.75, 3.05) is 38.1 Å². The third kappa shape index (κ3) is 3.77. The van der Waals surface area contributed by atoms with Gasteiger partial charge in [-0.3, -0.25) is 4.79 Å². The average Bonchev–Trinajstić information content (AvgIpc) is 3.40. The Morgan fingerprint density at radius 1 is 1.07 bits per heavy atom. The maximum absolute atomic E-state index is 12.9. The first kappa shape index (κ1) is 19.1. The fraction of sp³-hybridized carbons (Fsp3) is 0.435. The molecule has 2 aliphatic rings. The van der Waals surface area contributed by atoms with Crippen molar-refractivity contribution in [2.45, 2.75) is 31.7 Å². The SMILES string of the molecule is CN1CC[C@@H](NC(=O)c2cc3nc(-c4ccccc4)cc(N4CCCCC4)n3n2)C1. The molecule has 7 nitrogen and oxygen atoms in total. The van der Waals surface area contributed by atoms with E-state index in [1.54, 1.807) is 0 Å². The highest BCUT2D eigenvalue weighted by atomic mass is 16.2. The number of aromatic nitrogens is 3. The molecule has 2 aromatic heterocycles.